The van der Waals surface area contributed by atoms with Crippen molar-refractivity contribution in [3.05, 3.63) is 0 Å². The predicted octanol–water partition coefficient (Wildman–Crippen LogP) is 2.71. The predicted molar refractivity (Wildman–Crippen MR) is 47.5 cm³/mol. The van der Waals surface area contributed by atoms with E-state index >= 15 is 0 Å². The minimum Gasteiger partial charge on any atom is -0.381 e. The van der Waals surface area contributed by atoms with Gasteiger partial charge in [0.1, 0.15) is 0 Å². The highest BCUT2D eigenvalue weighted by Crippen LogP contribution is 2.22. The highest BCUT2D eigenvalue weighted by molar-refractivity contribution is 4.65. The number of rotatable bonds is 0. The fourth-order valence-electron chi connectivity index (χ4n) is 2.08. The number of hydrogen-bond acceptors (Lipinski definition) is 1. The molecule has 0 spiro atoms. The fourth-order valence-corrected chi connectivity index (χ4v) is 2.08. The van der Waals surface area contributed by atoms with Crippen molar-refractivity contribution in [1.29, 1.82) is 0 Å². The zero-order valence-corrected chi connectivity index (χ0v) is 7.97. The average molecular weight is 156 g/mol. The smallest absolute Gasteiger partial charge is 0.0491 e. The summed E-state index contributed by atoms with van der Waals surface area (Å²) < 4.78 is 5.55. The van der Waals surface area contributed by atoms with Crippen LogP contribution >= 0.6 is 0 Å². The van der Waals surface area contributed by atoms with Gasteiger partial charge in [-0.25, -0.2) is 0 Å². The molecule has 1 heterocycles. The summed E-state index contributed by atoms with van der Waals surface area (Å²) >= 11 is 0. The molecular weight excluding hydrogens is 136 g/mol. The van der Waals surface area contributed by atoms with Gasteiger partial charge in [0.25, 0.3) is 0 Å². The van der Waals surface area contributed by atoms with Gasteiger partial charge in [0, 0.05) is 13.2 Å². The lowest BCUT2D eigenvalue weighted by molar-refractivity contribution is 0.0484. The average Bonchev–Trinajstić information content (AvgIpc) is 1.83. The molecule has 1 fully saturated rings. The molecular formula is C10H20O. The fraction of sp³-hybridized carbons (Fsp3) is 1.00. The molecule has 0 aliphatic carbocycles. The standard InChI is InChI=1S/C10H20O/c1-8-4-9(2)6-11-7-10(3)5-8/h8-10H,4-7H2,1-3H3. The molecule has 0 radical (unpaired) electrons. The summed E-state index contributed by atoms with van der Waals surface area (Å²) in [4.78, 5) is 0. The van der Waals surface area contributed by atoms with Gasteiger partial charge in [-0.1, -0.05) is 20.8 Å². The van der Waals surface area contributed by atoms with Crippen molar-refractivity contribution in [2.75, 3.05) is 13.2 Å². The van der Waals surface area contributed by atoms with Crippen LogP contribution in [-0.2, 0) is 4.74 Å². The molecule has 0 bridgehead atoms. The van der Waals surface area contributed by atoms with Gasteiger partial charge in [0.2, 0.25) is 0 Å². The van der Waals surface area contributed by atoms with E-state index in [2.05, 4.69) is 20.8 Å². The Morgan fingerprint density at radius 3 is 1.73 bits per heavy atom. The number of hydrogen-bond donors (Lipinski definition) is 0. The maximum absolute atomic E-state index is 5.55. The molecule has 66 valence electrons. The van der Waals surface area contributed by atoms with Crippen molar-refractivity contribution in [2.45, 2.75) is 33.6 Å². The molecule has 1 aliphatic heterocycles. The lowest BCUT2D eigenvalue weighted by Crippen LogP contribution is -2.20. The molecule has 1 heteroatoms. The van der Waals surface area contributed by atoms with Gasteiger partial charge in [0.15, 0.2) is 0 Å². The quantitative estimate of drug-likeness (QED) is 0.524. The molecule has 11 heavy (non-hydrogen) atoms. The first kappa shape index (κ1) is 9.05. The topological polar surface area (TPSA) is 9.23 Å². The van der Waals surface area contributed by atoms with Crippen LogP contribution in [0.25, 0.3) is 0 Å². The Labute approximate surface area is 70.1 Å². The molecule has 1 saturated heterocycles. The normalized spacial score (nSPS) is 41.2. The molecule has 1 aliphatic rings. The summed E-state index contributed by atoms with van der Waals surface area (Å²) in [5.41, 5.74) is 0. The summed E-state index contributed by atoms with van der Waals surface area (Å²) in [5.74, 6) is 2.42. The Morgan fingerprint density at radius 1 is 0.818 bits per heavy atom. The summed E-state index contributed by atoms with van der Waals surface area (Å²) in [6, 6.07) is 0. The van der Waals surface area contributed by atoms with Gasteiger partial charge in [-0.15, -0.1) is 0 Å². The molecule has 1 nitrogen and oxygen atoms in total. The summed E-state index contributed by atoms with van der Waals surface area (Å²) in [6.45, 7) is 8.86. The van der Waals surface area contributed by atoms with Crippen LogP contribution in [0.5, 0.6) is 0 Å². The van der Waals surface area contributed by atoms with Crippen LogP contribution < -0.4 is 0 Å². The molecule has 0 amide bonds. The molecule has 0 aromatic rings. The Bertz CT molecular complexity index is 99.4. The molecule has 0 aromatic carbocycles. The van der Waals surface area contributed by atoms with E-state index in [4.69, 9.17) is 4.74 Å². The van der Waals surface area contributed by atoms with Crippen LogP contribution in [0.3, 0.4) is 0 Å². The van der Waals surface area contributed by atoms with E-state index in [0.29, 0.717) is 0 Å². The number of ether oxygens (including phenoxy) is 1. The van der Waals surface area contributed by atoms with E-state index in [9.17, 15) is 0 Å². The Morgan fingerprint density at radius 2 is 1.27 bits per heavy atom. The van der Waals surface area contributed by atoms with Crippen LogP contribution in [0.2, 0.25) is 0 Å². The minimum atomic E-state index is 0.762. The van der Waals surface area contributed by atoms with Gasteiger partial charge >= 0.3 is 0 Å². The van der Waals surface area contributed by atoms with E-state index in [0.717, 1.165) is 31.0 Å². The van der Waals surface area contributed by atoms with Crippen LogP contribution in [-0.4, -0.2) is 13.2 Å². The first-order valence-corrected chi connectivity index (χ1v) is 4.76. The van der Waals surface area contributed by atoms with E-state index < -0.39 is 0 Å². The molecule has 2 atom stereocenters. The van der Waals surface area contributed by atoms with E-state index in [-0.39, 0.29) is 0 Å². The zero-order chi connectivity index (χ0) is 8.27. The molecule has 0 aromatic heterocycles. The molecule has 2 unspecified atom stereocenters. The third-order valence-corrected chi connectivity index (χ3v) is 2.41. The molecule has 0 N–H and O–H groups in total. The first-order valence-electron chi connectivity index (χ1n) is 4.76. The monoisotopic (exact) mass is 156 g/mol. The summed E-state index contributed by atoms with van der Waals surface area (Å²) in [7, 11) is 0. The SMILES string of the molecule is CC1COCC(C)CC(C)C1. The van der Waals surface area contributed by atoms with Gasteiger partial charge in [-0.2, -0.15) is 0 Å². The Kier molecular flexibility index (Phi) is 3.38. The van der Waals surface area contributed by atoms with Crippen LogP contribution in [0.1, 0.15) is 33.6 Å². The van der Waals surface area contributed by atoms with Crippen LogP contribution in [0, 0.1) is 17.8 Å². The maximum Gasteiger partial charge on any atom is 0.0491 e. The summed E-state index contributed by atoms with van der Waals surface area (Å²) in [6.07, 6.45) is 2.68. The van der Waals surface area contributed by atoms with Crippen molar-refractivity contribution in [3.63, 3.8) is 0 Å². The van der Waals surface area contributed by atoms with Crippen molar-refractivity contribution in [3.8, 4) is 0 Å². The van der Waals surface area contributed by atoms with Gasteiger partial charge in [-0.05, 0) is 30.6 Å². The zero-order valence-electron chi connectivity index (χ0n) is 7.97. The van der Waals surface area contributed by atoms with Gasteiger partial charge < -0.3 is 4.74 Å². The highest BCUT2D eigenvalue weighted by Gasteiger charge is 2.16. The maximum atomic E-state index is 5.55. The summed E-state index contributed by atoms with van der Waals surface area (Å²) in [5, 5.41) is 0. The van der Waals surface area contributed by atoms with Crippen molar-refractivity contribution < 1.29 is 4.74 Å². The van der Waals surface area contributed by atoms with Crippen molar-refractivity contribution >= 4 is 0 Å². The first-order chi connectivity index (χ1) is 5.18. The minimum absolute atomic E-state index is 0.762. The Hall–Kier alpha value is -0.0400. The third kappa shape index (κ3) is 3.24. The van der Waals surface area contributed by atoms with E-state index in [1.54, 1.807) is 0 Å². The second-order valence-electron chi connectivity index (χ2n) is 4.32. The Balaban J connectivity index is 2.34. The van der Waals surface area contributed by atoms with Gasteiger partial charge in [0.05, 0.1) is 0 Å². The van der Waals surface area contributed by atoms with Crippen LogP contribution in [0.4, 0.5) is 0 Å². The third-order valence-electron chi connectivity index (χ3n) is 2.41. The molecule has 0 saturated carbocycles. The van der Waals surface area contributed by atoms with Crippen LogP contribution in [0.15, 0.2) is 0 Å². The second kappa shape index (κ2) is 4.10. The second-order valence-corrected chi connectivity index (χ2v) is 4.32. The largest absolute Gasteiger partial charge is 0.381 e. The molecule has 1 rings (SSSR count). The van der Waals surface area contributed by atoms with E-state index in [1.807, 2.05) is 0 Å². The van der Waals surface area contributed by atoms with Crippen molar-refractivity contribution in [1.82, 2.24) is 0 Å². The lowest BCUT2D eigenvalue weighted by Gasteiger charge is -2.24. The van der Waals surface area contributed by atoms with Crippen molar-refractivity contribution in [2.24, 2.45) is 17.8 Å². The van der Waals surface area contributed by atoms with E-state index in [1.165, 1.54) is 12.8 Å². The lowest BCUT2D eigenvalue weighted by atomic mass is 9.89. The highest BCUT2D eigenvalue weighted by atomic mass is 16.5. The van der Waals surface area contributed by atoms with Gasteiger partial charge in [-0.3, -0.25) is 0 Å².